The smallest absolute Gasteiger partial charge is 0.336 e. The van der Waals surface area contributed by atoms with Gasteiger partial charge in [0.25, 0.3) is 0 Å². The van der Waals surface area contributed by atoms with E-state index >= 15 is 0 Å². The number of carbonyl (C=O) groups is 2. The predicted molar refractivity (Wildman–Crippen MR) is 80.2 cm³/mol. The highest BCUT2D eigenvalue weighted by Gasteiger charge is 2.11. The molecule has 0 aliphatic rings. The number of esters is 1. The van der Waals surface area contributed by atoms with E-state index in [0.717, 1.165) is 0 Å². The molecule has 116 valence electrons. The minimum atomic E-state index is -1.08. The summed E-state index contributed by atoms with van der Waals surface area (Å²) in [5, 5.41) is 18.1. The summed E-state index contributed by atoms with van der Waals surface area (Å²) < 4.78 is 10.4. The van der Waals surface area contributed by atoms with E-state index in [1.807, 2.05) is 6.07 Å². The summed E-state index contributed by atoms with van der Waals surface area (Å²) in [6.07, 6.45) is 0. The van der Waals surface area contributed by atoms with Gasteiger partial charge in [0.05, 0.1) is 17.2 Å². The molecule has 0 saturated heterocycles. The molecule has 2 aromatic rings. The molecule has 23 heavy (non-hydrogen) atoms. The van der Waals surface area contributed by atoms with Crippen molar-refractivity contribution < 1.29 is 24.2 Å². The first-order chi connectivity index (χ1) is 11.0. The molecule has 0 aliphatic carbocycles. The molecule has 0 unspecified atom stereocenters. The third-order valence-electron chi connectivity index (χ3n) is 2.94. The lowest BCUT2D eigenvalue weighted by Gasteiger charge is -2.10. The lowest BCUT2D eigenvalue weighted by Crippen LogP contribution is -2.06. The number of hydrogen-bond acceptors (Lipinski definition) is 5. The van der Waals surface area contributed by atoms with Crippen LogP contribution in [0.15, 0.2) is 42.5 Å². The maximum atomic E-state index is 11.2. The molecule has 0 bridgehead atoms. The fourth-order valence-corrected chi connectivity index (χ4v) is 1.92. The van der Waals surface area contributed by atoms with Gasteiger partial charge in [-0.1, -0.05) is 0 Å². The summed E-state index contributed by atoms with van der Waals surface area (Å²) in [6, 6.07) is 12.6. The molecule has 0 aliphatic heterocycles. The number of nitriles is 1. The highest BCUT2D eigenvalue weighted by atomic mass is 16.5. The van der Waals surface area contributed by atoms with Gasteiger partial charge in [-0.2, -0.15) is 5.26 Å². The van der Waals surface area contributed by atoms with E-state index in [9.17, 15) is 9.59 Å². The van der Waals surface area contributed by atoms with Gasteiger partial charge < -0.3 is 14.6 Å². The Hall–Kier alpha value is -3.33. The Morgan fingerprint density at radius 2 is 1.78 bits per heavy atom. The highest BCUT2D eigenvalue weighted by molar-refractivity contribution is 5.89. The molecule has 6 heteroatoms. The van der Waals surface area contributed by atoms with Gasteiger partial charge >= 0.3 is 11.9 Å². The van der Waals surface area contributed by atoms with Crippen molar-refractivity contribution in [3.05, 3.63) is 59.2 Å². The number of rotatable bonds is 5. The topological polar surface area (TPSA) is 96.6 Å². The molecular weight excluding hydrogens is 298 g/mol. The SMILES string of the molecule is CC(=O)Oc1ccc(OCc2cc(C#N)ccc2C(=O)O)cc1. The Bertz CT molecular complexity index is 775. The average molecular weight is 311 g/mol. The van der Waals surface area contributed by atoms with Gasteiger partial charge in [-0.15, -0.1) is 0 Å². The molecule has 0 fully saturated rings. The summed E-state index contributed by atoms with van der Waals surface area (Å²) in [5.41, 5.74) is 0.847. The van der Waals surface area contributed by atoms with Gasteiger partial charge in [0.1, 0.15) is 18.1 Å². The van der Waals surface area contributed by atoms with Crippen LogP contribution in [0.3, 0.4) is 0 Å². The summed E-state index contributed by atoms with van der Waals surface area (Å²) in [6.45, 7) is 1.31. The normalized spacial score (nSPS) is 9.74. The van der Waals surface area contributed by atoms with Crippen molar-refractivity contribution >= 4 is 11.9 Å². The highest BCUT2D eigenvalue weighted by Crippen LogP contribution is 2.20. The van der Waals surface area contributed by atoms with Crippen molar-refractivity contribution in [1.29, 1.82) is 5.26 Å². The second-order valence-electron chi connectivity index (χ2n) is 4.64. The fraction of sp³-hybridized carbons (Fsp3) is 0.118. The number of carbonyl (C=O) groups excluding carboxylic acids is 1. The zero-order valence-corrected chi connectivity index (χ0v) is 12.3. The largest absolute Gasteiger partial charge is 0.489 e. The molecule has 0 aromatic heterocycles. The summed E-state index contributed by atoms with van der Waals surface area (Å²) in [7, 11) is 0. The number of aromatic carboxylic acids is 1. The van der Waals surface area contributed by atoms with E-state index < -0.39 is 11.9 Å². The Labute approximate surface area is 132 Å². The number of ether oxygens (including phenoxy) is 2. The number of hydrogen-bond donors (Lipinski definition) is 1. The summed E-state index contributed by atoms with van der Waals surface area (Å²) >= 11 is 0. The van der Waals surface area contributed by atoms with Crippen LogP contribution in [0, 0.1) is 11.3 Å². The Morgan fingerprint density at radius 1 is 1.13 bits per heavy atom. The minimum absolute atomic E-state index is 0.00403. The quantitative estimate of drug-likeness (QED) is 0.673. The van der Waals surface area contributed by atoms with Crippen LogP contribution in [-0.4, -0.2) is 17.0 Å². The molecule has 0 spiro atoms. The first-order valence-corrected chi connectivity index (χ1v) is 6.67. The van der Waals surface area contributed by atoms with Crippen LogP contribution in [0.2, 0.25) is 0 Å². The van der Waals surface area contributed by atoms with E-state index in [1.165, 1.54) is 25.1 Å². The van der Waals surface area contributed by atoms with E-state index in [2.05, 4.69) is 0 Å². The monoisotopic (exact) mass is 311 g/mol. The predicted octanol–water partition coefficient (Wildman–Crippen LogP) is 2.76. The van der Waals surface area contributed by atoms with Crippen molar-refractivity contribution in [2.45, 2.75) is 13.5 Å². The lowest BCUT2D eigenvalue weighted by molar-refractivity contribution is -0.131. The van der Waals surface area contributed by atoms with E-state index in [4.69, 9.17) is 19.8 Å². The second-order valence-corrected chi connectivity index (χ2v) is 4.64. The second kappa shape index (κ2) is 7.09. The van der Waals surface area contributed by atoms with E-state index in [-0.39, 0.29) is 12.2 Å². The van der Waals surface area contributed by atoms with Crippen LogP contribution in [0.4, 0.5) is 0 Å². The van der Waals surface area contributed by atoms with Crippen LogP contribution in [0.5, 0.6) is 11.5 Å². The number of carboxylic acids is 1. The third kappa shape index (κ3) is 4.32. The van der Waals surface area contributed by atoms with Crippen LogP contribution < -0.4 is 9.47 Å². The van der Waals surface area contributed by atoms with Crippen molar-refractivity contribution in [2.75, 3.05) is 0 Å². The van der Waals surface area contributed by atoms with Crippen LogP contribution in [-0.2, 0) is 11.4 Å². The van der Waals surface area contributed by atoms with Crippen molar-refractivity contribution in [3.8, 4) is 17.6 Å². The molecule has 0 saturated carbocycles. The first-order valence-electron chi connectivity index (χ1n) is 6.67. The van der Waals surface area contributed by atoms with Gasteiger partial charge in [0, 0.05) is 12.5 Å². The van der Waals surface area contributed by atoms with Gasteiger partial charge in [-0.25, -0.2) is 4.79 Å². The number of nitrogens with zero attached hydrogens (tertiary/aromatic N) is 1. The Balaban J connectivity index is 2.12. The zero-order chi connectivity index (χ0) is 16.8. The van der Waals surface area contributed by atoms with Gasteiger partial charge in [-0.3, -0.25) is 4.79 Å². The van der Waals surface area contributed by atoms with Gasteiger partial charge in [-0.05, 0) is 42.5 Å². The maximum Gasteiger partial charge on any atom is 0.336 e. The Kier molecular flexibility index (Phi) is 4.95. The number of benzene rings is 2. The van der Waals surface area contributed by atoms with E-state index in [0.29, 0.717) is 22.6 Å². The fourth-order valence-electron chi connectivity index (χ4n) is 1.92. The standard InChI is InChI=1S/C17H13NO5/c1-11(19)23-15-5-3-14(4-6-15)22-10-13-8-12(9-18)2-7-16(13)17(20)21/h2-8H,10H2,1H3,(H,20,21). The number of carboxylic acid groups (broad SMARTS) is 1. The molecule has 6 nitrogen and oxygen atoms in total. The molecule has 0 radical (unpaired) electrons. The zero-order valence-electron chi connectivity index (χ0n) is 12.3. The van der Waals surface area contributed by atoms with Crippen LogP contribution in [0.1, 0.15) is 28.4 Å². The third-order valence-corrected chi connectivity index (χ3v) is 2.94. The molecule has 2 rings (SSSR count). The Morgan fingerprint density at radius 3 is 2.35 bits per heavy atom. The van der Waals surface area contributed by atoms with Crippen molar-refractivity contribution in [2.24, 2.45) is 0 Å². The molecule has 0 atom stereocenters. The molecule has 2 aromatic carbocycles. The molecular formula is C17H13NO5. The molecule has 1 N–H and O–H groups in total. The lowest BCUT2D eigenvalue weighted by atomic mass is 10.1. The van der Waals surface area contributed by atoms with Crippen LogP contribution in [0.25, 0.3) is 0 Å². The van der Waals surface area contributed by atoms with E-state index in [1.54, 1.807) is 24.3 Å². The minimum Gasteiger partial charge on any atom is -0.489 e. The maximum absolute atomic E-state index is 11.2. The van der Waals surface area contributed by atoms with Crippen molar-refractivity contribution in [3.63, 3.8) is 0 Å². The average Bonchev–Trinajstić information content (AvgIpc) is 2.53. The first kappa shape index (κ1) is 16.0. The molecule has 0 amide bonds. The van der Waals surface area contributed by atoms with Gasteiger partial charge in [0.2, 0.25) is 0 Å². The molecule has 0 heterocycles. The van der Waals surface area contributed by atoms with Crippen molar-refractivity contribution in [1.82, 2.24) is 0 Å². The van der Waals surface area contributed by atoms with Gasteiger partial charge in [0.15, 0.2) is 0 Å². The summed E-state index contributed by atoms with van der Waals surface area (Å²) in [5.74, 6) is -0.626. The summed E-state index contributed by atoms with van der Waals surface area (Å²) in [4.78, 5) is 22.0. The van der Waals surface area contributed by atoms with Crippen LogP contribution >= 0.6 is 0 Å².